The maximum Gasteiger partial charge on any atom is 0.227 e. The Kier molecular flexibility index (Phi) is 5.34. The van der Waals surface area contributed by atoms with Crippen molar-refractivity contribution >= 4 is 5.91 Å². The Balaban J connectivity index is 1.52. The van der Waals surface area contributed by atoms with Gasteiger partial charge in [-0.25, -0.2) is 4.68 Å². The highest BCUT2D eigenvalue weighted by Crippen LogP contribution is 2.17. The van der Waals surface area contributed by atoms with E-state index in [9.17, 15) is 4.79 Å². The van der Waals surface area contributed by atoms with Gasteiger partial charge < -0.3 is 5.32 Å². The molecule has 1 N–H and O–H groups in total. The van der Waals surface area contributed by atoms with Crippen LogP contribution in [0.2, 0.25) is 0 Å². The summed E-state index contributed by atoms with van der Waals surface area (Å²) in [6, 6.07) is 10.5. The van der Waals surface area contributed by atoms with Crippen LogP contribution in [0.5, 0.6) is 0 Å². The van der Waals surface area contributed by atoms with E-state index < -0.39 is 0 Å². The van der Waals surface area contributed by atoms with Crippen molar-refractivity contribution in [1.82, 2.24) is 25.5 Å². The molecular formula is C17H23N5O. The molecule has 1 amide bonds. The van der Waals surface area contributed by atoms with Gasteiger partial charge in [-0.2, -0.15) is 0 Å². The van der Waals surface area contributed by atoms with Gasteiger partial charge in [0.1, 0.15) is 0 Å². The molecule has 122 valence electrons. The highest BCUT2D eigenvalue weighted by Gasteiger charge is 2.17. The van der Waals surface area contributed by atoms with Crippen molar-refractivity contribution in [3.63, 3.8) is 0 Å². The molecule has 6 nitrogen and oxygen atoms in total. The number of nitrogens with one attached hydrogen (secondary N) is 1. The Hall–Kier alpha value is -2.24. The number of nitrogens with zero attached hydrogens (tertiary/aromatic N) is 4. The zero-order valence-electron chi connectivity index (χ0n) is 13.3. The summed E-state index contributed by atoms with van der Waals surface area (Å²) in [7, 11) is 0. The zero-order valence-corrected chi connectivity index (χ0v) is 13.3. The molecule has 23 heavy (non-hydrogen) atoms. The number of tetrazole rings is 1. The molecule has 0 atom stereocenters. The molecule has 0 radical (unpaired) electrons. The van der Waals surface area contributed by atoms with Gasteiger partial charge in [0.05, 0.1) is 6.42 Å². The van der Waals surface area contributed by atoms with Gasteiger partial charge in [-0.1, -0.05) is 49.6 Å². The molecule has 1 heterocycles. The molecule has 1 saturated carbocycles. The molecule has 2 aromatic rings. The summed E-state index contributed by atoms with van der Waals surface area (Å²) in [5.41, 5.74) is 1.24. The van der Waals surface area contributed by atoms with Crippen LogP contribution in [0.4, 0.5) is 0 Å². The van der Waals surface area contributed by atoms with Gasteiger partial charge in [-0.15, -0.1) is 5.10 Å². The van der Waals surface area contributed by atoms with Crippen molar-refractivity contribution in [2.24, 2.45) is 0 Å². The molecule has 1 fully saturated rings. The number of rotatable bonds is 6. The molecule has 0 unspecified atom stereocenters. The fourth-order valence-electron chi connectivity index (χ4n) is 3.07. The Labute approximate surface area is 136 Å². The van der Waals surface area contributed by atoms with E-state index in [0.29, 0.717) is 18.4 Å². The number of aromatic nitrogens is 4. The highest BCUT2D eigenvalue weighted by molar-refractivity contribution is 5.78. The van der Waals surface area contributed by atoms with Crippen LogP contribution < -0.4 is 5.32 Å². The van der Waals surface area contributed by atoms with E-state index in [0.717, 1.165) is 19.3 Å². The third-order valence-electron chi connectivity index (χ3n) is 4.35. The predicted molar refractivity (Wildman–Crippen MR) is 86.7 cm³/mol. The fraction of sp³-hybridized carbons (Fsp3) is 0.529. The second kappa shape index (κ2) is 7.85. The largest absolute Gasteiger partial charge is 0.353 e. The first-order valence-electron chi connectivity index (χ1n) is 8.39. The molecule has 6 heteroatoms. The predicted octanol–water partition coefficient (Wildman–Crippen LogP) is 1.91. The second-order valence-corrected chi connectivity index (χ2v) is 6.13. The van der Waals surface area contributed by atoms with Crippen molar-refractivity contribution in [2.45, 2.75) is 57.5 Å². The molecule has 0 saturated heterocycles. The lowest BCUT2D eigenvalue weighted by Gasteiger charge is -2.22. The topological polar surface area (TPSA) is 72.7 Å². The Morgan fingerprint density at radius 1 is 1.17 bits per heavy atom. The van der Waals surface area contributed by atoms with Gasteiger partial charge in [-0.05, 0) is 35.3 Å². The van der Waals surface area contributed by atoms with E-state index in [1.54, 1.807) is 4.68 Å². The van der Waals surface area contributed by atoms with Crippen molar-refractivity contribution in [3.05, 3.63) is 41.7 Å². The summed E-state index contributed by atoms with van der Waals surface area (Å²) in [5.74, 6) is 0.655. The van der Waals surface area contributed by atoms with Gasteiger partial charge in [-0.3, -0.25) is 4.79 Å². The average molecular weight is 313 g/mol. The normalized spacial score (nSPS) is 15.5. The average Bonchev–Trinajstić information content (AvgIpc) is 3.02. The van der Waals surface area contributed by atoms with Crippen molar-refractivity contribution in [2.75, 3.05) is 0 Å². The van der Waals surface area contributed by atoms with E-state index in [1.165, 1.54) is 24.8 Å². The lowest BCUT2D eigenvalue weighted by atomic mass is 9.95. The molecule has 1 aliphatic rings. The standard InChI is InChI=1S/C17H23N5O/c23-17(18-15-9-5-2-6-10-15)13-16-19-20-21-22(16)12-11-14-7-3-1-4-8-14/h1,3-4,7-8,15H,2,5-6,9-13H2,(H,18,23). The highest BCUT2D eigenvalue weighted by atomic mass is 16.1. The number of hydrogen-bond donors (Lipinski definition) is 1. The molecule has 0 spiro atoms. The molecule has 1 aromatic carbocycles. The van der Waals surface area contributed by atoms with Gasteiger partial charge >= 0.3 is 0 Å². The molecular weight excluding hydrogens is 290 g/mol. The number of aryl methyl sites for hydroxylation is 2. The lowest BCUT2D eigenvalue weighted by Crippen LogP contribution is -2.37. The quantitative estimate of drug-likeness (QED) is 0.884. The number of carbonyl (C=O) groups excluding carboxylic acids is 1. The minimum Gasteiger partial charge on any atom is -0.353 e. The number of benzene rings is 1. The molecule has 0 bridgehead atoms. The van der Waals surface area contributed by atoms with E-state index in [1.807, 2.05) is 18.2 Å². The van der Waals surface area contributed by atoms with E-state index in [4.69, 9.17) is 0 Å². The van der Waals surface area contributed by atoms with E-state index in [-0.39, 0.29) is 12.3 Å². The molecule has 0 aliphatic heterocycles. The van der Waals surface area contributed by atoms with Gasteiger partial charge in [0.25, 0.3) is 0 Å². The Morgan fingerprint density at radius 3 is 2.74 bits per heavy atom. The maximum absolute atomic E-state index is 12.2. The zero-order chi connectivity index (χ0) is 15.9. The molecule has 3 rings (SSSR count). The summed E-state index contributed by atoms with van der Waals surface area (Å²) in [5, 5.41) is 14.8. The molecule has 1 aromatic heterocycles. The summed E-state index contributed by atoms with van der Waals surface area (Å²) in [6.07, 6.45) is 6.97. The van der Waals surface area contributed by atoms with E-state index in [2.05, 4.69) is 33.0 Å². The number of carbonyl (C=O) groups is 1. The smallest absolute Gasteiger partial charge is 0.227 e. The van der Waals surface area contributed by atoms with Crippen molar-refractivity contribution in [3.8, 4) is 0 Å². The minimum atomic E-state index is 0.0210. The first-order chi connectivity index (χ1) is 11.3. The van der Waals surface area contributed by atoms with Crippen molar-refractivity contribution in [1.29, 1.82) is 0 Å². The van der Waals surface area contributed by atoms with Crippen LogP contribution >= 0.6 is 0 Å². The summed E-state index contributed by atoms with van der Waals surface area (Å²) < 4.78 is 1.73. The third kappa shape index (κ3) is 4.61. The van der Waals surface area contributed by atoms with Gasteiger partial charge in [0.15, 0.2) is 5.82 Å². The lowest BCUT2D eigenvalue weighted by molar-refractivity contribution is -0.121. The SMILES string of the molecule is O=C(Cc1nnnn1CCc1ccccc1)NC1CCCCC1. The van der Waals surface area contributed by atoms with Crippen LogP contribution in [-0.4, -0.2) is 32.2 Å². The minimum absolute atomic E-state index is 0.0210. The Morgan fingerprint density at radius 2 is 1.96 bits per heavy atom. The number of hydrogen-bond acceptors (Lipinski definition) is 4. The van der Waals surface area contributed by atoms with Crippen LogP contribution in [0.3, 0.4) is 0 Å². The first-order valence-corrected chi connectivity index (χ1v) is 8.39. The maximum atomic E-state index is 12.2. The Bertz CT molecular complexity index is 619. The van der Waals surface area contributed by atoms with Crippen LogP contribution in [-0.2, 0) is 24.2 Å². The summed E-state index contributed by atoms with van der Waals surface area (Å²) in [6.45, 7) is 0.684. The van der Waals surface area contributed by atoms with Crippen molar-refractivity contribution < 1.29 is 4.79 Å². The van der Waals surface area contributed by atoms with Crippen LogP contribution in [0.1, 0.15) is 43.5 Å². The van der Waals surface area contributed by atoms with Gasteiger partial charge in [0.2, 0.25) is 5.91 Å². The summed E-state index contributed by atoms with van der Waals surface area (Å²) in [4.78, 5) is 12.2. The van der Waals surface area contributed by atoms with Crippen LogP contribution in [0.25, 0.3) is 0 Å². The molecule has 1 aliphatic carbocycles. The fourth-order valence-corrected chi connectivity index (χ4v) is 3.07. The number of amides is 1. The third-order valence-corrected chi connectivity index (χ3v) is 4.35. The van der Waals surface area contributed by atoms with Crippen LogP contribution in [0.15, 0.2) is 30.3 Å². The van der Waals surface area contributed by atoms with Gasteiger partial charge in [0, 0.05) is 12.6 Å². The summed E-state index contributed by atoms with van der Waals surface area (Å²) >= 11 is 0. The monoisotopic (exact) mass is 313 g/mol. The first kappa shape index (κ1) is 15.6. The second-order valence-electron chi connectivity index (χ2n) is 6.13. The van der Waals surface area contributed by atoms with E-state index >= 15 is 0 Å². The van der Waals surface area contributed by atoms with Crippen LogP contribution in [0, 0.1) is 0 Å².